The van der Waals surface area contributed by atoms with E-state index in [9.17, 15) is 19.5 Å². The second-order valence-corrected chi connectivity index (χ2v) is 3.17. The zero-order valence-corrected chi connectivity index (χ0v) is 10.0. The van der Waals surface area contributed by atoms with E-state index in [-0.39, 0.29) is 12.8 Å². The number of hydrogen-bond donors (Lipinski definition) is 1. The highest BCUT2D eigenvalue weighted by Crippen LogP contribution is 2.14. The average molecular weight is 248 g/mol. The third-order valence-corrected chi connectivity index (χ3v) is 1.50. The molecule has 0 spiro atoms. The smallest absolute Gasteiger partial charge is 0.364 e. The fraction of sp³-hybridized carbons (Fsp3) is 0.700. The molecule has 0 aromatic carbocycles. The van der Waals surface area contributed by atoms with Gasteiger partial charge >= 0.3 is 24.1 Å². The van der Waals surface area contributed by atoms with Gasteiger partial charge in [-0.05, 0) is 6.42 Å². The van der Waals surface area contributed by atoms with E-state index in [1.165, 1.54) is 6.92 Å². The van der Waals surface area contributed by atoms with Gasteiger partial charge < -0.3 is 14.2 Å². The first-order valence-electron chi connectivity index (χ1n) is 5.18. The highest BCUT2D eigenvalue weighted by atomic mass is 17.0. The number of carbonyl (C=O) groups is 3. The Morgan fingerprint density at radius 2 is 1.59 bits per heavy atom. The molecular formula is C10H16O7. The molecule has 1 atom stereocenters. The molecule has 0 heterocycles. The Balaban J connectivity index is 4.65. The van der Waals surface area contributed by atoms with Crippen LogP contribution in [0.1, 0.15) is 40.0 Å². The normalized spacial score (nSPS) is 13.4. The predicted molar refractivity (Wildman–Crippen MR) is 54.1 cm³/mol. The van der Waals surface area contributed by atoms with Crippen LogP contribution in [-0.2, 0) is 28.6 Å². The van der Waals surface area contributed by atoms with Gasteiger partial charge in [0.15, 0.2) is 0 Å². The van der Waals surface area contributed by atoms with E-state index in [2.05, 4.69) is 14.2 Å². The summed E-state index contributed by atoms with van der Waals surface area (Å²) in [6.45, 7) is 4.15. The third-order valence-electron chi connectivity index (χ3n) is 1.50. The van der Waals surface area contributed by atoms with Crippen molar-refractivity contribution in [3.05, 3.63) is 0 Å². The van der Waals surface area contributed by atoms with Crippen LogP contribution in [0.4, 0.5) is 0 Å². The molecule has 0 aromatic rings. The average Bonchev–Trinajstić information content (AvgIpc) is 2.15. The summed E-state index contributed by atoms with van der Waals surface area (Å²) in [7, 11) is 0. The number of aliphatic hydroxyl groups is 1. The van der Waals surface area contributed by atoms with E-state index in [1.54, 1.807) is 6.92 Å². The summed E-state index contributed by atoms with van der Waals surface area (Å²) < 4.78 is 13.0. The molecule has 1 N–H and O–H groups in total. The molecule has 17 heavy (non-hydrogen) atoms. The van der Waals surface area contributed by atoms with E-state index in [0.717, 1.165) is 6.92 Å². The summed E-state index contributed by atoms with van der Waals surface area (Å²) >= 11 is 0. The van der Waals surface area contributed by atoms with Crippen molar-refractivity contribution >= 4 is 17.9 Å². The van der Waals surface area contributed by atoms with Crippen LogP contribution >= 0.6 is 0 Å². The van der Waals surface area contributed by atoms with Crippen molar-refractivity contribution in [1.82, 2.24) is 0 Å². The van der Waals surface area contributed by atoms with Crippen LogP contribution in [-0.4, -0.2) is 29.2 Å². The molecule has 1 unspecified atom stereocenters. The van der Waals surface area contributed by atoms with Crippen molar-refractivity contribution in [1.29, 1.82) is 0 Å². The van der Waals surface area contributed by atoms with Crippen LogP contribution in [0.15, 0.2) is 0 Å². The molecule has 7 nitrogen and oxygen atoms in total. The monoisotopic (exact) mass is 248 g/mol. The molecular weight excluding hydrogens is 232 g/mol. The molecule has 0 radical (unpaired) electrons. The number of hydrogen-bond acceptors (Lipinski definition) is 7. The number of carbonyl (C=O) groups excluding carboxylic acids is 3. The van der Waals surface area contributed by atoms with Gasteiger partial charge in [-0.15, -0.1) is 0 Å². The van der Waals surface area contributed by atoms with Crippen molar-refractivity contribution < 1.29 is 33.7 Å². The largest absolute Gasteiger partial charge is 0.563 e. The maximum absolute atomic E-state index is 11.1. The highest BCUT2D eigenvalue weighted by Gasteiger charge is 2.41. The first-order valence-corrected chi connectivity index (χ1v) is 5.18. The summed E-state index contributed by atoms with van der Waals surface area (Å²) in [4.78, 5) is 32.8. The van der Waals surface area contributed by atoms with E-state index >= 15 is 0 Å². The van der Waals surface area contributed by atoms with Crippen molar-refractivity contribution in [2.24, 2.45) is 0 Å². The predicted octanol–water partition coefficient (Wildman–Crippen LogP) is 0.450. The Bertz CT molecular complexity index is 299. The van der Waals surface area contributed by atoms with Gasteiger partial charge in [0, 0.05) is 19.8 Å². The van der Waals surface area contributed by atoms with E-state index < -0.39 is 24.1 Å². The van der Waals surface area contributed by atoms with Crippen LogP contribution < -0.4 is 0 Å². The first-order chi connectivity index (χ1) is 7.83. The summed E-state index contributed by atoms with van der Waals surface area (Å²) in [5.74, 6) is -2.68. The summed E-state index contributed by atoms with van der Waals surface area (Å²) in [6, 6.07) is 0. The van der Waals surface area contributed by atoms with Gasteiger partial charge in [-0.3, -0.25) is 19.5 Å². The molecule has 0 fully saturated rings. The summed E-state index contributed by atoms with van der Waals surface area (Å²) in [5, 5.41) is 9.55. The number of ether oxygens (including phenoxy) is 3. The first kappa shape index (κ1) is 15.4. The fourth-order valence-electron chi connectivity index (χ4n) is 0.859. The fourth-order valence-corrected chi connectivity index (χ4v) is 0.859. The van der Waals surface area contributed by atoms with Crippen LogP contribution in [0.2, 0.25) is 0 Å². The second-order valence-electron chi connectivity index (χ2n) is 3.17. The molecule has 7 heteroatoms. The summed E-state index contributed by atoms with van der Waals surface area (Å²) in [6.07, 6.45) is -2.59. The van der Waals surface area contributed by atoms with Crippen molar-refractivity contribution in [3.63, 3.8) is 0 Å². The minimum Gasteiger partial charge on any atom is -0.364 e. The van der Waals surface area contributed by atoms with Crippen molar-refractivity contribution in [2.45, 2.75) is 46.2 Å². The lowest BCUT2D eigenvalue weighted by molar-refractivity contribution is -0.432. The standard InChI is InChI=1S/C10H16O7/c1-4-6-9(13)17-10(14,15-7(3)11)16-8(12)5-2/h14H,4-6H2,1-3H3. The van der Waals surface area contributed by atoms with Gasteiger partial charge in [0.25, 0.3) is 0 Å². The third kappa shape index (κ3) is 6.52. The van der Waals surface area contributed by atoms with Crippen molar-refractivity contribution in [2.75, 3.05) is 0 Å². The van der Waals surface area contributed by atoms with Crippen LogP contribution in [0.25, 0.3) is 0 Å². The number of esters is 3. The molecule has 0 aliphatic heterocycles. The second kappa shape index (κ2) is 6.85. The quantitative estimate of drug-likeness (QED) is 0.538. The van der Waals surface area contributed by atoms with Gasteiger partial charge in [0.1, 0.15) is 0 Å². The summed E-state index contributed by atoms with van der Waals surface area (Å²) in [5.41, 5.74) is 0. The molecule has 0 aliphatic carbocycles. The SMILES string of the molecule is CCCC(=O)OC(O)(OC(C)=O)OC(=O)CC. The molecule has 98 valence electrons. The topological polar surface area (TPSA) is 99.1 Å². The lowest BCUT2D eigenvalue weighted by Gasteiger charge is -2.24. The molecule has 0 aromatic heterocycles. The minimum atomic E-state index is -2.98. The molecule has 0 aliphatic rings. The van der Waals surface area contributed by atoms with Gasteiger partial charge in [0.2, 0.25) is 0 Å². The molecule has 0 saturated carbocycles. The maximum atomic E-state index is 11.1. The highest BCUT2D eigenvalue weighted by molar-refractivity contribution is 5.72. The van der Waals surface area contributed by atoms with Crippen LogP contribution in [0.3, 0.4) is 0 Å². The zero-order valence-electron chi connectivity index (χ0n) is 10.0. The Morgan fingerprint density at radius 3 is 2.00 bits per heavy atom. The lowest BCUT2D eigenvalue weighted by atomic mass is 10.3. The van der Waals surface area contributed by atoms with Gasteiger partial charge in [0.05, 0.1) is 0 Å². The van der Waals surface area contributed by atoms with E-state index in [4.69, 9.17) is 0 Å². The van der Waals surface area contributed by atoms with Gasteiger partial charge in [-0.2, -0.15) is 0 Å². The lowest BCUT2D eigenvalue weighted by Crippen LogP contribution is -2.43. The van der Waals surface area contributed by atoms with E-state index in [0.29, 0.717) is 6.42 Å². The minimum absolute atomic E-state index is 0.00670. The Labute approximate surface area is 98.6 Å². The number of rotatable bonds is 6. The Hall–Kier alpha value is -1.63. The van der Waals surface area contributed by atoms with Gasteiger partial charge in [-0.1, -0.05) is 13.8 Å². The molecule has 0 rings (SSSR count). The van der Waals surface area contributed by atoms with E-state index in [1.807, 2.05) is 0 Å². The van der Waals surface area contributed by atoms with Crippen molar-refractivity contribution in [3.8, 4) is 0 Å². The Morgan fingerprint density at radius 1 is 1.06 bits per heavy atom. The zero-order chi connectivity index (χ0) is 13.5. The Kier molecular flexibility index (Phi) is 6.19. The maximum Gasteiger partial charge on any atom is 0.563 e. The molecule has 0 bridgehead atoms. The molecule has 0 amide bonds. The van der Waals surface area contributed by atoms with Crippen LogP contribution in [0.5, 0.6) is 0 Å². The van der Waals surface area contributed by atoms with Crippen LogP contribution in [0, 0.1) is 0 Å². The van der Waals surface area contributed by atoms with Gasteiger partial charge in [-0.25, -0.2) is 0 Å². The molecule has 0 saturated heterocycles.